The van der Waals surface area contributed by atoms with E-state index >= 15 is 0 Å². The van der Waals surface area contributed by atoms with Gasteiger partial charge in [-0.2, -0.15) is 0 Å². The molecule has 1 N–H and O–H groups in total. The predicted molar refractivity (Wildman–Crippen MR) is 59.4 cm³/mol. The zero-order chi connectivity index (χ0) is 9.97. The number of nitrogens with one attached hydrogen (secondary N) is 1. The van der Waals surface area contributed by atoms with E-state index in [0.29, 0.717) is 6.04 Å². The number of nitrogens with zero attached hydrogens (tertiary/aromatic N) is 3. The summed E-state index contributed by atoms with van der Waals surface area (Å²) in [6.07, 6.45) is 4.74. The molecule has 1 saturated heterocycles. The van der Waals surface area contributed by atoms with Crippen molar-refractivity contribution in [1.82, 2.24) is 15.3 Å². The summed E-state index contributed by atoms with van der Waals surface area (Å²) in [5.74, 6) is 0.825. The zero-order valence-electron chi connectivity index (χ0n) is 8.07. The van der Waals surface area contributed by atoms with Crippen LogP contribution in [0.15, 0.2) is 16.9 Å². The number of hydrogen-bond donors (Lipinski definition) is 1. The number of likely N-dealkylation sites (N-methyl/N-ethyl adjacent to an activating group) is 1. The van der Waals surface area contributed by atoms with Crippen molar-refractivity contribution in [2.45, 2.75) is 12.5 Å². The SMILES string of the molecule is CNC1CCN(c2ncc(Br)cn2)C1. The van der Waals surface area contributed by atoms with Gasteiger partial charge in [0.05, 0.1) is 4.47 Å². The monoisotopic (exact) mass is 256 g/mol. The molecule has 0 aromatic carbocycles. The summed E-state index contributed by atoms with van der Waals surface area (Å²) in [4.78, 5) is 10.7. The maximum Gasteiger partial charge on any atom is 0.225 e. The summed E-state index contributed by atoms with van der Waals surface area (Å²) in [7, 11) is 2.00. The minimum atomic E-state index is 0.572. The molecule has 14 heavy (non-hydrogen) atoms. The van der Waals surface area contributed by atoms with Crippen molar-refractivity contribution >= 4 is 21.9 Å². The predicted octanol–water partition coefficient (Wildman–Crippen LogP) is 1.04. The largest absolute Gasteiger partial charge is 0.339 e. The lowest BCUT2D eigenvalue weighted by atomic mass is 10.3. The average Bonchev–Trinajstić information content (AvgIpc) is 2.67. The Kier molecular flexibility index (Phi) is 2.98. The van der Waals surface area contributed by atoms with Crippen LogP contribution in [0.25, 0.3) is 0 Å². The molecule has 5 heteroatoms. The normalized spacial score (nSPS) is 21.6. The third-order valence-corrected chi connectivity index (χ3v) is 2.90. The van der Waals surface area contributed by atoms with Crippen LogP contribution in [-0.4, -0.2) is 36.1 Å². The molecular weight excluding hydrogens is 244 g/mol. The van der Waals surface area contributed by atoms with Crippen LogP contribution in [0, 0.1) is 0 Å². The van der Waals surface area contributed by atoms with Gasteiger partial charge in [-0.15, -0.1) is 0 Å². The number of anilines is 1. The summed E-state index contributed by atoms with van der Waals surface area (Å²) in [5.41, 5.74) is 0. The van der Waals surface area contributed by atoms with Crippen LogP contribution >= 0.6 is 15.9 Å². The molecule has 1 unspecified atom stereocenters. The Morgan fingerprint density at radius 2 is 2.21 bits per heavy atom. The second-order valence-corrected chi connectivity index (χ2v) is 4.34. The highest BCUT2D eigenvalue weighted by Gasteiger charge is 2.22. The van der Waals surface area contributed by atoms with Gasteiger partial charge in [-0.3, -0.25) is 0 Å². The van der Waals surface area contributed by atoms with Gasteiger partial charge >= 0.3 is 0 Å². The van der Waals surface area contributed by atoms with Crippen LogP contribution in [-0.2, 0) is 0 Å². The molecule has 4 nitrogen and oxygen atoms in total. The molecule has 0 radical (unpaired) electrons. The molecule has 0 aliphatic carbocycles. The maximum absolute atomic E-state index is 4.27. The van der Waals surface area contributed by atoms with Gasteiger partial charge in [0.15, 0.2) is 0 Å². The first-order valence-electron chi connectivity index (χ1n) is 4.69. The Balaban J connectivity index is 2.06. The van der Waals surface area contributed by atoms with Crippen molar-refractivity contribution in [2.24, 2.45) is 0 Å². The Hall–Kier alpha value is -0.680. The van der Waals surface area contributed by atoms with Crippen molar-refractivity contribution in [1.29, 1.82) is 0 Å². The molecule has 1 fully saturated rings. The summed E-state index contributed by atoms with van der Waals surface area (Å²) in [5, 5.41) is 3.27. The van der Waals surface area contributed by atoms with Gasteiger partial charge in [-0.1, -0.05) is 0 Å². The first-order valence-corrected chi connectivity index (χ1v) is 5.48. The highest BCUT2D eigenvalue weighted by Crippen LogP contribution is 2.16. The molecule has 1 aromatic rings. The summed E-state index contributed by atoms with van der Waals surface area (Å²) >= 11 is 3.32. The van der Waals surface area contributed by atoms with E-state index in [4.69, 9.17) is 0 Å². The second-order valence-electron chi connectivity index (χ2n) is 3.42. The van der Waals surface area contributed by atoms with Gasteiger partial charge in [0.2, 0.25) is 5.95 Å². The average molecular weight is 257 g/mol. The maximum atomic E-state index is 4.27. The molecule has 0 bridgehead atoms. The van der Waals surface area contributed by atoms with Gasteiger partial charge in [0.25, 0.3) is 0 Å². The van der Waals surface area contributed by atoms with E-state index in [1.165, 1.54) is 0 Å². The molecule has 2 heterocycles. The van der Waals surface area contributed by atoms with Crippen molar-refractivity contribution in [3.8, 4) is 0 Å². The fraction of sp³-hybridized carbons (Fsp3) is 0.556. The van der Waals surface area contributed by atoms with Crippen LogP contribution in [0.1, 0.15) is 6.42 Å². The summed E-state index contributed by atoms with van der Waals surface area (Å²) in [6.45, 7) is 2.03. The van der Waals surface area contributed by atoms with Crippen LogP contribution in [0.2, 0.25) is 0 Å². The zero-order valence-corrected chi connectivity index (χ0v) is 9.66. The first kappa shape index (κ1) is 9.86. The lowest BCUT2D eigenvalue weighted by Gasteiger charge is -2.15. The fourth-order valence-electron chi connectivity index (χ4n) is 1.65. The van der Waals surface area contributed by atoms with E-state index in [-0.39, 0.29) is 0 Å². The quantitative estimate of drug-likeness (QED) is 0.859. The number of halogens is 1. The minimum Gasteiger partial charge on any atom is -0.339 e. The second kappa shape index (κ2) is 4.23. The van der Waals surface area contributed by atoms with Crippen LogP contribution in [0.5, 0.6) is 0 Å². The molecule has 2 rings (SSSR count). The van der Waals surface area contributed by atoms with E-state index in [1.807, 2.05) is 7.05 Å². The molecule has 1 aromatic heterocycles. The van der Waals surface area contributed by atoms with E-state index in [1.54, 1.807) is 12.4 Å². The number of aromatic nitrogens is 2. The van der Waals surface area contributed by atoms with Crippen molar-refractivity contribution in [3.63, 3.8) is 0 Å². The third kappa shape index (κ3) is 2.04. The lowest BCUT2D eigenvalue weighted by Crippen LogP contribution is -2.30. The standard InChI is InChI=1S/C9H13BrN4/c1-11-8-2-3-14(6-8)9-12-4-7(10)5-13-9/h4-5,8,11H,2-3,6H2,1H3. The van der Waals surface area contributed by atoms with E-state index in [9.17, 15) is 0 Å². The topological polar surface area (TPSA) is 41.0 Å². The lowest BCUT2D eigenvalue weighted by molar-refractivity contribution is 0.616. The first-order chi connectivity index (χ1) is 6.79. The van der Waals surface area contributed by atoms with E-state index < -0.39 is 0 Å². The Labute approximate surface area is 91.9 Å². The molecule has 76 valence electrons. The van der Waals surface area contributed by atoms with Gasteiger partial charge in [0.1, 0.15) is 0 Å². The Morgan fingerprint density at radius 1 is 1.50 bits per heavy atom. The van der Waals surface area contributed by atoms with E-state index in [2.05, 4.69) is 36.1 Å². The van der Waals surface area contributed by atoms with Gasteiger partial charge in [0, 0.05) is 31.5 Å². The van der Waals surface area contributed by atoms with Gasteiger partial charge < -0.3 is 10.2 Å². The smallest absolute Gasteiger partial charge is 0.225 e. The molecule has 0 saturated carbocycles. The molecule has 0 amide bonds. The summed E-state index contributed by atoms with van der Waals surface area (Å²) < 4.78 is 0.922. The third-order valence-electron chi connectivity index (χ3n) is 2.49. The molecular formula is C9H13BrN4. The van der Waals surface area contributed by atoms with Crippen molar-refractivity contribution in [3.05, 3.63) is 16.9 Å². The molecule has 1 atom stereocenters. The fourth-order valence-corrected chi connectivity index (χ4v) is 1.85. The minimum absolute atomic E-state index is 0.572. The summed E-state index contributed by atoms with van der Waals surface area (Å²) in [6, 6.07) is 0.572. The van der Waals surface area contributed by atoms with Gasteiger partial charge in [-0.25, -0.2) is 9.97 Å². The Bertz CT molecular complexity index is 300. The van der Waals surface area contributed by atoms with Crippen LogP contribution in [0.3, 0.4) is 0 Å². The van der Waals surface area contributed by atoms with Crippen LogP contribution < -0.4 is 10.2 Å². The van der Waals surface area contributed by atoms with E-state index in [0.717, 1.165) is 29.9 Å². The van der Waals surface area contributed by atoms with Crippen molar-refractivity contribution in [2.75, 3.05) is 25.0 Å². The highest BCUT2D eigenvalue weighted by atomic mass is 79.9. The Morgan fingerprint density at radius 3 is 2.79 bits per heavy atom. The molecule has 1 aliphatic rings. The molecule has 1 aliphatic heterocycles. The number of rotatable bonds is 2. The van der Waals surface area contributed by atoms with Crippen LogP contribution in [0.4, 0.5) is 5.95 Å². The number of hydrogen-bond acceptors (Lipinski definition) is 4. The molecule has 0 spiro atoms. The van der Waals surface area contributed by atoms with Gasteiger partial charge in [-0.05, 0) is 29.4 Å². The highest BCUT2D eigenvalue weighted by molar-refractivity contribution is 9.10. The van der Waals surface area contributed by atoms with Crippen molar-refractivity contribution < 1.29 is 0 Å².